The molecule has 0 bridgehead atoms. The number of nitrogens with zero attached hydrogens (tertiary/aromatic N) is 1. The molecule has 1 aliphatic carbocycles. The van der Waals surface area contributed by atoms with E-state index in [1.807, 2.05) is 60.5 Å². The van der Waals surface area contributed by atoms with Crippen molar-refractivity contribution in [2.75, 3.05) is 13.2 Å². The van der Waals surface area contributed by atoms with Gasteiger partial charge in [0.15, 0.2) is 0 Å². The first kappa shape index (κ1) is 24.3. The highest BCUT2D eigenvalue weighted by Gasteiger charge is 2.29. The lowest BCUT2D eigenvalue weighted by molar-refractivity contribution is -0.130. The van der Waals surface area contributed by atoms with Crippen LogP contribution >= 0.6 is 0 Å². The largest absolute Gasteiger partial charge is 0.472 e. The van der Waals surface area contributed by atoms with Crippen LogP contribution in [0.5, 0.6) is 0 Å². The second-order valence-corrected chi connectivity index (χ2v) is 7.75. The summed E-state index contributed by atoms with van der Waals surface area (Å²) in [6.45, 7) is -0.0427. The number of benzene rings is 2. The molecule has 2 aromatic carbocycles. The number of nitriles is 1. The summed E-state index contributed by atoms with van der Waals surface area (Å²) >= 11 is 0. The molecule has 174 valence electrons. The zero-order valence-electron chi connectivity index (χ0n) is 18.5. The molecular formula is C26H25N3O5. The van der Waals surface area contributed by atoms with Crippen LogP contribution in [0.15, 0.2) is 48.5 Å². The normalized spacial score (nSPS) is 12.2. The van der Waals surface area contributed by atoms with Crippen molar-refractivity contribution in [2.45, 2.75) is 37.6 Å². The molecule has 0 saturated heterocycles. The number of carboxylic acid groups (broad SMARTS) is 1. The van der Waals surface area contributed by atoms with Gasteiger partial charge in [0.25, 0.3) is 0 Å². The Morgan fingerprint density at radius 3 is 2.29 bits per heavy atom. The third kappa shape index (κ3) is 6.36. The van der Waals surface area contributed by atoms with Crippen LogP contribution in [0.2, 0.25) is 0 Å². The summed E-state index contributed by atoms with van der Waals surface area (Å²) in [5, 5.41) is 22.4. The number of aliphatic carboxylic acids is 1. The Hall–Kier alpha value is -4.30. The van der Waals surface area contributed by atoms with Crippen LogP contribution in [0.1, 0.15) is 42.7 Å². The number of amides is 2. The second kappa shape index (κ2) is 12.1. The van der Waals surface area contributed by atoms with Gasteiger partial charge in [0.05, 0.1) is 12.6 Å². The van der Waals surface area contributed by atoms with Crippen LogP contribution in [0.4, 0.5) is 4.79 Å². The van der Waals surface area contributed by atoms with Crippen molar-refractivity contribution in [3.8, 4) is 29.0 Å². The fourth-order valence-electron chi connectivity index (χ4n) is 3.98. The van der Waals surface area contributed by atoms with E-state index in [-0.39, 0.29) is 19.1 Å². The van der Waals surface area contributed by atoms with Gasteiger partial charge in [-0.3, -0.25) is 4.79 Å². The van der Waals surface area contributed by atoms with Crippen LogP contribution in [0, 0.1) is 23.2 Å². The number of hydrogen-bond acceptors (Lipinski definition) is 5. The molecule has 8 nitrogen and oxygen atoms in total. The van der Waals surface area contributed by atoms with Crippen molar-refractivity contribution in [3.63, 3.8) is 0 Å². The highest BCUT2D eigenvalue weighted by atomic mass is 16.5. The van der Waals surface area contributed by atoms with E-state index in [4.69, 9.17) is 15.1 Å². The van der Waals surface area contributed by atoms with Gasteiger partial charge in [-0.15, -0.1) is 0 Å². The molecule has 1 aliphatic rings. The summed E-state index contributed by atoms with van der Waals surface area (Å²) in [6, 6.07) is 17.1. The van der Waals surface area contributed by atoms with Gasteiger partial charge >= 0.3 is 12.1 Å². The van der Waals surface area contributed by atoms with Gasteiger partial charge in [-0.1, -0.05) is 54.5 Å². The average molecular weight is 460 g/mol. The summed E-state index contributed by atoms with van der Waals surface area (Å²) in [7, 11) is 0. The second-order valence-electron chi connectivity index (χ2n) is 7.75. The maximum Gasteiger partial charge on any atom is 0.407 e. The lowest BCUT2D eigenvalue weighted by Crippen LogP contribution is -2.47. The molecule has 1 unspecified atom stereocenters. The van der Waals surface area contributed by atoms with Crippen LogP contribution in [-0.4, -0.2) is 42.3 Å². The monoisotopic (exact) mass is 459 g/mol. The Balaban J connectivity index is 1.61. The van der Waals surface area contributed by atoms with Crippen molar-refractivity contribution in [3.05, 3.63) is 59.7 Å². The number of alkyl carbamates (subject to hydrolysis) is 1. The van der Waals surface area contributed by atoms with E-state index in [1.165, 1.54) is 0 Å². The summed E-state index contributed by atoms with van der Waals surface area (Å²) in [5.41, 5.74) is 4.40. The van der Waals surface area contributed by atoms with Gasteiger partial charge in [0.1, 0.15) is 12.6 Å². The summed E-state index contributed by atoms with van der Waals surface area (Å²) in [6.07, 6.45) is 1.08. The summed E-state index contributed by atoms with van der Waals surface area (Å²) in [5.74, 6) is 2.33. The van der Waals surface area contributed by atoms with Gasteiger partial charge in [0, 0.05) is 18.3 Å². The first-order valence-corrected chi connectivity index (χ1v) is 11.0. The third-order valence-corrected chi connectivity index (χ3v) is 5.53. The summed E-state index contributed by atoms with van der Waals surface area (Å²) < 4.78 is 5.52. The maximum absolute atomic E-state index is 12.6. The molecule has 0 radical (unpaired) electrons. The molecule has 34 heavy (non-hydrogen) atoms. The van der Waals surface area contributed by atoms with Crippen LogP contribution in [0.25, 0.3) is 11.1 Å². The third-order valence-electron chi connectivity index (χ3n) is 5.53. The zero-order chi connectivity index (χ0) is 24.3. The highest BCUT2D eigenvalue weighted by Crippen LogP contribution is 2.44. The maximum atomic E-state index is 12.6. The topological polar surface area (TPSA) is 129 Å². The van der Waals surface area contributed by atoms with Crippen molar-refractivity contribution in [1.82, 2.24) is 10.6 Å². The molecule has 3 rings (SSSR count). The Kier molecular flexibility index (Phi) is 8.65. The molecule has 0 fully saturated rings. The minimum atomic E-state index is -1.29. The van der Waals surface area contributed by atoms with Crippen LogP contribution < -0.4 is 10.6 Å². The first-order valence-electron chi connectivity index (χ1n) is 11.0. The van der Waals surface area contributed by atoms with Crippen molar-refractivity contribution >= 4 is 18.0 Å². The zero-order valence-corrected chi connectivity index (χ0v) is 18.5. The molecule has 3 N–H and O–H groups in total. The standard InChI is InChI=1S/C26H25N3O5/c27-15-7-1-2-13-23(25(32)28-16-8-14-24(30)31)29-26(33)34-17-22-20-11-5-3-9-18(20)19-10-4-6-12-21(19)22/h3-6,9-12,22-23H,1-2,7,13,16-17H2,(H,28,32)(H,29,33)(H,30,31). The quantitative estimate of drug-likeness (QED) is 0.390. The van der Waals surface area contributed by atoms with E-state index in [0.29, 0.717) is 25.7 Å². The van der Waals surface area contributed by atoms with E-state index in [0.717, 1.165) is 22.3 Å². The molecule has 0 saturated carbocycles. The number of ether oxygens (including phenoxy) is 1. The fourth-order valence-corrected chi connectivity index (χ4v) is 3.98. The van der Waals surface area contributed by atoms with E-state index in [1.54, 1.807) is 0 Å². The molecule has 0 aromatic heterocycles. The van der Waals surface area contributed by atoms with E-state index < -0.39 is 24.0 Å². The molecule has 1 atom stereocenters. The summed E-state index contributed by atoms with van der Waals surface area (Å²) in [4.78, 5) is 35.6. The van der Waals surface area contributed by atoms with Crippen LogP contribution in [0.3, 0.4) is 0 Å². The molecule has 8 heteroatoms. The minimum absolute atomic E-state index is 0.104. The van der Waals surface area contributed by atoms with Gasteiger partial charge in [0.2, 0.25) is 5.91 Å². The Labute approximate surface area is 197 Å². The molecular weight excluding hydrogens is 434 g/mol. The first-order chi connectivity index (χ1) is 16.5. The predicted molar refractivity (Wildman–Crippen MR) is 124 cm³/mol. The molecule has 2 amide bonds. The minimum Gasteiger partial charge on any atom is -0.472 e. The van der Waals surface area contributed by atoms with Gasteiger partial charge < -0.3 is 20.5 Å². The molecule has 0 aliphatic heterocycles. The van der Waals surface area contributed by atoms with E-state index >= 15 is 0 Å². The number of nitrogens with one attached hydrogen (secondary N) is 2. The Morgan fingerprint density at radius 2 is 1.68 bits per heavy atom. The predicted octanol–water partition coefficient (Wildman–Crippen LogP) is 3.18. The van der Waals surface area contributed by atoms with Crippen molar-refractivity contribution in [2.24, 2.45) is 0 Å². The number of rotatable bonds is 9. The SMILES string of the molecule is N#CCCCCC(NC(=O)OCC1c2ccccc2-c2ccccc21)C(=O)NCC#CC(=O)O. The van der Waals surface area contributed by atoms with Gasteiger partial charge in [-0.2, -0.15) is 5.26 Å². The van der Waals surface area contributed by atoms with Crippen LogP contribution in [-0.2, 0) is 14.3 Å². The Morgan fingerprint density at radius 1 is 1.03 bits per heavy atom. The molecule has 0 heterocycles. The van der Waals surface area contributed by atoms with Gasteiger partial charge in [-0.05, 0) is 41.5 Å². The number of unbranched alkanes of at least 4 members (excludes halogenated alkanes) is 2. The fraction of sp³-hybridized carbons (Fsp3) is 0.308. The Bertz CT molecular complexity index is 1110. The van der Waals surface area contributed by atoms with Gasteiger partial charge in [-0.25, -0.2) is 9.59 Å². The number of hydrogen-bond donors (Lipinski definition) is 3. The average Bonchev–Trinajstić information content (AvgIpc) is 3.16. The lowest BCUT2D eigenvalue weighted by Gasteiger charge is -2.19. The lowest BCUT2D eigenvalue weighted by atomic mass is 9.98. The van der Waals surface area contributed by atoms with E-state index in [9.17, 15) is 14.4 Å². The van der Waals surface area contributed by atoms with Crippen molar-refractivity contribution < 1.29 is 24.2 Å². The smallest absolute Gasteiger partial charge is 0.407 e. The molecule has 2 aromatic rings. The number of carbonyl (C=O) groups excluding carboxylic acids is 2. The van der Waals surface area contributed by atoms with E-state index in [2.05, 4.69) is 16.6 Å². The highest BCUT2D eigenvalue weighted by molar-refractivity contribution is 5.87. The number of carbonyl (C=O) groups is 3. The number of carboxylic acids is 1. The number of fused-ring (bicyclic) bond motifs is 3. The van der Waals surface area contributed by atoms with Crippen molar-refractivity contribution in [1.29, 1.82) is 5.26 Å². The molecule has 0 spiro atoms.